The predicted molar refractivity (Wildman–Crippen MR) is 64.2 cm³/mol. The van der Waals surface area contributed by atoms with Crippen molar-refractivity contribution in [2.75, 3.05) is 6.61 Å². The maximum atomic E-state index is 10.9. The van der Waals surface area contributed by atoms with Gasteiger partial charge in [0.05, 0.1) is 5.92 Å². The molecular weight excluding hydrogens is 236 g/mol. The minimum Gasteiger partial charge on any atom is -0.481 e. The summed E-state index contributed by atoms with van der Waals surface area (Å²) in [6.07, 6.45) is 0.551. The number of hydrogen-bond donors (Lipinski definition) is 1. The Morgan fingerprint density at radius 3 is 2.61 bits per heavy atom. The summed E-state index contributed by atoms with van der Waals surface area (Å²) in [5.41, 5.74) is 0. The molecule has 0 bridgehead atoms. The predicted octanol–water partition coefficient (Wildman–Crippen LogP) is 2.38. The number of aromatic nitrogens is 2. The molecule has 0 amide bonds. The van der Waals surface area contributed by atoms with Gasteiger partial charge in [-0.1, -0.05) is 25.9 Å². The molecule has 0 fully saturated rings. The third-order valence-corrected chi connectivity index (χ3v) is 3.01. The van der Waals surface area contributed by atoms with E-state index >= 15 is 0 Å². The molecule has 0 aliphatic carbocycles. The zero-order chi connectivity index (χ0) is 13.7. The van der Waals surface area contributed by atoms with Gasteiger partial charge in [-0.25, -0.2) is 0 Å². The smallest absolute Gasteiger partial charge is 0.307 e. The SMILES string of the molecule is CCOC(CC)c1noc(C(C)C(C)C(=O)O)n1. The van der Waals surface area contributed by atoms with E-state index in [9.17, 15) is 4.79 Å². The number of carboxylic acid groups (broad SMARTS) is 1. The van der Waals surface area contributed by atoms with Gasteiger partial charge < -0.3 is 14.4 Å². The van der Waals surface area contributed by atoms with Crippen LogP contribution in [0.1, 0.15) is 57.9 Å². The molecule has 0 aliphatic heterocycles. The minimum atomic E-state index is -0.876. The van der Waals surface area contributed by atoms with E-state index in [0.717, 1.165) is 6.42 Å². The van der Waals surface area contributed by atoms with E-state index in [1.807, 2.05) is 13.8 Å². The minimum absolute atomic E-state index is 0.195. The van der Waals surface area contributed by atoms with Gasteiger partial charge in [0, 0.05) is 12.5 Å². The molecule has 0 saturated carbocycles. The summed E-state index contributed by atoms with van der Waals surface area (Å²) in [6.45, 7) is 7.83. The van der Waals surface area contributed by atoms with E-state index < -0.39 is 11.9 Å². The van der Waals surface area contributed by atoms with Crippen LogP contribution in [0.25, 0.3) is 0 Å². The molecule has 6 heteroatoms. The topological polar surface area (TPSA) is 85.5 Å². The van der Waals surface area contributed by atoms with E-state index in [-0.39, 0.29) is 12.0 Å². The molecule has 1 rings (SSSR count). The van der Waals surface area contributed by atoms with Crippen molar-refractivity contribution in [1.82, 2.24) is 10.1 Å². The van der Waals surface area contributed by atoms with E-state index in [4.69, 9.17) is 14.4 Å². The van der Waals surface area contributed by atoms with Crippen LogP contribution in [-0.2, 0) is 9.53 Å². The first-order chi connectivity index (χ1) is 8.51. The molecule has 0 aliphatic rings. The fourth-order valence-corrected chi connectivity index (χ4v) is 1.57. The van der Waals surface area contributed by atoms with Crippen molar-refractivity contribution in [2.24, 2.45) is 5.92 Å². The standard InChI is InChI=1S/C12H20N2O4/c1-5-9(17-6-2)10-13-11(18-14-10)7(3)8(4)12(15)16/h7-9H,5-6H2,1-4H3,(H,15,16). The Balaban J connectivity index is 2.81. The number of carboxylic acids is 1. The summed E-state index contributed by atoms with van der Waals surface area (Å²) >= 11 is 0. The van der Waals surface area contributed by atoms with E-state index in [1.165, 1.54) is 0 Å². The molecule has 3 unspecified atom stereocenters. The highest BCUT2D eigenvalue weighted by molar-refractivity contribution is 5.70. The summed E-state index contributed by atoms with van der Waals surface area (Å²) in [6, 6.07) is 0. The molecule has 6 nitrogen and oxygen atoms in total. The second-order valence-corrected chi connectivity index (χ2v) is 4.26. The van der Waals surface area contributed by atoms with Crippen molar-refractivity contribution >= 4 is 5.97 Å². The monoisotopic (exact) mass is 256 g/mol. The summed E-state index contributed by atoms with van der Waals surface area (Å²) in [5.74, 6) is -0.927. The maximum absolute atomic E-state index is 10.9. The Labute approximate surface area is 106 Å². The molecule has 3 atom stereocenters. The van der Waals surface area contributed by atoms with E-state index in [1.54, 1.807) is 13.8 Å². The molecule has 0 saturated heterocycles. The molecule has 18 heavy (non-hydrogen) atoms. The molecule has 1 aromatic rings. The van der Waals surface area contributed by atoms with Crippen LogP contribution >= 0.6 is 0 Å². The van der Waals surface area contributed by atoms with Crippen LogP contribution in [0, 0.1) is 5.92 Å². The normalized spacial score (nSPS) is 16.2. The van der Waals surface area contributed by atoms with Crippen LogP contribution in [0.3, 0.4) is 0 Å². The Morgan fingerprint density at radius 2 is 2.11 bits per heavy atom. The lowest BCUT2D eigenvalue weighted by Gasteiger charge is -2.11. The number of aliphatic carboxylic acids is 1. The van der Waals surface area contributed by atoms with Crippen LogP contribution < -0.4 is 0 Å². The second-order valence-electron chi connectivity index (χ2n) is 4.26. The summed E-state index contributed by atoms with van der Waals surface area (Å²) in [4.78, 5) is 15.1. The number of nitrogens with zero attached hydrogens (tertiary/aromatic N) is 2. The lowest BCUT2D eigenvalue weighted by atomic mass is 9.96. The van der Waals surface area contributed by atoms with Gasteiger partial charge in [-0.2, -0.15) is 4.98 Å². The van der Waals surface area contributed by atoms with Gasteiger partial charge in [0.2, 0.25) is 11.7 Å². The number of hydrogen-bond acceptors (Lipinski definition) is 5. The van der Waals surface area contributed by atoms with Gasteiger partial charge in [-0.15, -0.1) is 0 Å². The quantitative estimate of drug-likeness (QED) is 0.806. The second kappa shape index (κ2) is 6.49. The van der Waals surface area contributed by atoms with Crippen LogP contribution in [0.4, 0.5) is 0 Å². The van der Waals surface area contributed by atoms with Crippen molar-refractivity contribution < 1.29 is 19.2 Å². The Morgan fingerprint density at radius 1 is 1.44 bits per heavy atom. The lowest BCUT2D eigenvalue weighted by Crippen LogP contribution is -2.17. The highest BCUT2D eigenvalue weighted by atomic mass is 16.5. The van der Waals surface area contributed by atoms with Crippen LogP contribution in [-0.4, -0.2) is 27.8 Å². The molecule has 1 N–H and O–H groups in total. The highest BCUT2D eigenvalue weighted by Crippen LogP contribution is 2.25. The van der Waals surface area contributed by atoms with Crippen LogP contribution in [0.2, 0.25) is 0 Å². The van der Waals surface area contributed by atoms with Crippen molar-refractivity contribution in [3.8, 4) is 0 Å². The van der Waals surface area contributed by atoms with Gasteiger partial charge in [0.25, 0.3) is 0 Å². The maximum Gasteiger partial charge on any atom is 0.307 e. The molecule has 0 aromatic carbocycles. The molecule has 102 valence electrons. The van der Waals surface area contributed by atoms with Gasteiger partial charge in [-0.3, -0.25) is 4.79 Å². The summed E-state index contributed by atoms with van der Waals surface area (Å²) < 4.78 is 10.6. The van der Waals surface area contributed by atoms with Crippen molar-refractivity contribution in [3.05, 3.63) is 11.7 Å². The fraction of sp³-hybridized carbons (Fsp3) is 0.750. The number of ether oxygens (including phenoxy) is 1. The molecule has 1 heterocycles. The first-order valence-electron chi connectivity index (χ1n) is 6.19. The fourth-order valence-electron chi connectivity index (χ4n) is 1.57. The average Bonchev–Trinajstić information content (AvgIpc) is 2.83. The van der Waals surface area contributed by atoms with E-state index in [2.05, 4.69) is 10.1 Å². The van der Waals surface area contributed by atoms with Crippen molar-refractivity contribution in [2.45, 2.75) is 46.1 Å². The van der Waals surface area contributed by atoms with E-state index in [0.29, 0.717) is 18.3 Å². The van der Waals surface area contributed by atoms with Crippen molar-refractivity contribution in [1.29, 1.82) is 0 Å². The average molecular weight is 256 g/mol. The summed E-state index contributed by atoms with van der Waals surface area (Å²) in [7, 11) is 0. The molecule has 1 aromatic heterocycles. The summed E-state index contributed by atoms with van der Waals surface area (Å²) in [5, 5.41) is 12.8. The van der Waals surface area contributed by atoms with Crippen molar-refractivity contribution in [3.63, 3.8) is 0 Å². The Bertz CT molecular complexity index is 391. The Kier molecular flexibility index (Phi) is 5.27. The molecule has 0 spiro atoms. The van der Waals surface area contributed by atoms with Crippen LogP contribution in [0.5, 0.6) is 0 Å². The number of carbonyl (C=O) groups is 1. The third kappa shape index (κ3) is 3.29. The zero-order valence-corrected chi connectivity index (χ0v) is 11.2. The largest absolute Gasteiger partial charge is 0.481 e. The van der Waals surface area contributed by atoms with Gasteiger partial charge in [0.1, 0.15) is 6.10 Å². The van der Waals surface area contributed by atoms with Gasteiger partial charge in [-0.05, 0) is 13.3 Å². The zero-order valence-electron chi connectivity index (χ0n) is 11.2. The first kappa shape index (κ1) is 14.6. The van der Waals surface area contributed by atoms with Gasteiger partial charge >= 0.3 is 5.97 Å². The third-order valence-electron chi connectivity index (χ3n) is 3.01. The molecular formula is C12H20N2O4. The first-order valence-corrected chi connectivity index (χ1v) is 6.19. The van der Waals surface area contributed by atoms with Crippen LogP contribution in [0.15, 0.2) is 4.52 Å². The van der Waals surface area contributed by atoms with Gasteiger partial charge in [0.15, 0.2) is 0 Å². The Hall–Kier alpha value is -1.43. The molecule has 0 radical (unpaired) electrons. The number of rotatable bonds is 7. The highest BCUT2D eigenvalue weighted by Gasteiger charge is 2.27. The lowest BCUT2D eigenvalue weighted by molar-refractivity contribution is -0.141.